The van der Waals surface area contributed by atoms with Crippen LogP contribution in [0.15, 0.2) is 35.9 Å². The summed E-state index contributed by atoms with van der Waals surface area (Å²) in [7, 11) is 1.23. The summed E-state index contributed by atoms with van der Waals surface area (Å²) in [5.41, 5.74) is 0.953. The van der Waals surface area contributed by atoms with Crippen molar-refractivity contribution in [1.82, 2.24) is 5.32 Å². The Kier molecular flexibility index (Phi) is 5.03. The lowest BCUT2D eigenvalue weighted by molar-refractivity contribution is -0.135. The highest BCUT2D eigenvalue weighted by atomic mass is 32.1. The molecule has 1 aromatic carbocycles. The Labute approximate surface area is 111 Å². The van der Waals surface area contributed by atoms with E-state index in [1.165, 1.54) is 7.11 Å². The molecule has 0 fully saturated rings. The van der Waals surface area contributed by atoms with Gasteiger partial charge in [0.25, 0.3) is 0 Å². The van der Waals surface area contributed by atoms with E-state index in [-0.39, 0.29) is 5.57 Å². The Balaban J connectivity index is 3.37. The monoisotopic (exact) mass is 260 g/mol. The van der Waals surface area contributed by atoms with Gasteiger partial charge in [-0.2, -0.15) is 5.26 Å². The molecule has 92 valence electrons. The van der Waals surface area contributed by atoms with Crippen molar-refractivity contribution in [2.24, 2.45) is 0 Å². The van der Waals surface area contributed by atoms with E-state index >= 15 is 0 Å². The molecule has 5 heteroatoms. The number of nitrogens with one attached hydrogen (secondary N) is 1. The van der Waals surface area contributed by atoms with Gasteiger partial charge >= 0.3 is 5.97 Å². The molecular weight excluding hydrogens is 248 g/mol. The fraction of sp³-hybridized carbons (Fsp3) is 0.154. The topological polar surface area (TPSA) is 62.1 Å². The molecule has 0 aliphatic carbocycles. The molecule has 0 radical (unpaired) electrons. The van der Waals surface area contributed by atoms with Crippen molar-refractivity contribution < 1.29 is 9.53 Å². The van der Waals surface area contributed by atoms with Crippen LogP contribution < -0.4 is 5.32 Å². The van der Waals surface area contributed by atoms with E-state index in [1.807, 2.05) is 24.3 Å². The van der Waals surface area contributed by atoms with Crippen LogP contribution in [-0.4, -0.2) is 18.1 Å². The van der Waals surface area contributed by atoms with Crippen molar-refractivity contribution in [2.75, 3.05) is 7.11 Å². The number of esters is 1. The first-order valence-electron chi connectivity index (χ1n) is 5.15. The van der Waals surface area contributed by atoms with Gasteiger partial charge in [-0.15, -0.1) is 0 Å². The van der Waals surface area contributed by atoms with Gasteiger partial charge in [-0.3, -0.25) is 0 Å². The van der Waals surface area contributed by atoms with Gasteiger partial charge in [-0.1, -0.05) is 42.5 Å². The van der Waals surface area contributed by atoms with Crippen LogP contribution in [0.4, 0.5) is 0 Å². The molecule has 1 N–H and O–H groups in total. The number of carbonyl (C=O) groups excluding carboxylic acids is 1. The number of ether oxygens (including phenoxy) is 1. The summed E-state index contributed by atoms with van der Waals surface area (Å²) in [4.78, 5) is 12.0. The lowest BCUT2D eigenvalue weighted by atomic mass is 10.1. The number of rotatable bonds is 3. The second kappa shape index (κ2) is 6.52. The van der Waals surface area contributed by atoms with Gasteiger partial charge in [0.1, 0.15) is 6.07 Å². The van der Waals surface area contributed by atoms with Gasteiger partial charge in [-0.05, 0) is 12.5 Å². The summed E-state index contributed by atoms with van der Waals surface area (Å²) in [6.07, 6.45) is 0. The quantitative estimate of drug-likeness (QED) is 0.390. The minimum Gasteiger partial charge on any atom is -0.465 e. The summed E-state index contributed by atoms with van der Waals surface area (Å²) < 4.78 is 4.58. The predicted molar refractivity (Wildman–Crippen MR) is 72.4 cm³/mol. The molecule has 0 aliphatic heterocycles. The highest BCUT2D eigenvalue weighted by Gasteiger charge is 2.17. The standard InChI is InChI=1S/C13H12N2O2S/c1-9(18)15-12(10-6-4-3-5-7-10)11(8-14)13(16)17-2/h3-7H,1-2H3,(H,15,18). The van der Waals surface area contributed by atoms with Crippen LogP contribution in [0.2, 0.25) is 0 Å². The number of benzene rings is 1. The number of carbonyl (C=O) groups is 1. The average molecular weight is 260 g/mol. The molecule has 0 spiro atoms. The van der Waals surface area contributed by atoms with E-state index in [0.29, 0.717) is 16.2 Å². The molecule has 0 saturated carbocycles. The molecule has 0 atom stereocenters. The van der Waals surface area contributed by atoms with Gasteiger partial charge in [-0.25, -0.2) is 4.79 Å². The fourth-order valence-electron chi connectivity index (χ4n) is 1.37. The number of nitrogens with zero attached hydrogens (tertiary/aromatic N) is 1. The minimum absolute atomic E-state index is 0.104. The third-order valence-corrected chi connectivity index (χ3v) is 2.22. The maximum Gasteiger partial charge on any atom is 0.350 e. The first kappa shape index (κ1) is 13.9. The van der Waals surface area contributed by atoms with Crippen LogP contribution in [-0.2, 0) is 9.53 Å². The maximum atomic E-state index is 11.6. The molecule has 1 rings (SSSR count). The summed E-state index contributed by atoms with van der Waals surface area (Å²) in [5.74, 6) is -0.694. The Morgan fingerprint density at radius 2 is 2.00 bits per heavy atom. The van der Waals surface area contributed by atoms with Gasteiger partial charge in [0.2, 0.25) is 0 Å². The Morgan fingerprint density at radius 3 is 2.44 bits per heavy atom. The van der Waals surface area contributed by atoms with Gasteiger partial charge < -0.3 is 10.1 Å². The summed E-state index contributed by atoms with van der Waals surface area (Å²) in [6.45, 7) is 1.67. The van der Waals surface area contributed by atoms with E-state index in [9.17, 15) is 4.79 Å². The van der Waals surface area contributed by atoms with Crippen molar-refractivity contribution >= 4 is 28.9 Å². The predicted octanol–water partition coefficient (Wildman–Crippen LogP) is 2.03. The largest absolute Gasteiger partial charge is 0.465 e. The van der Waals surface area contributed by atoms with Crippen LogP contribution >= 0.6 is 12.2 Å². The molecule has 0 unspecified atom stereocenters. The van der Waals surface area contributed by atoms with Crippen molar-refractivity contribution in [1.29, 1.82) is 5.26 Å². The normalized spacial score (nSPS) is 10.9. The second-order valence-corrected chi connectivity index (χ2v) is 4.01. The smallest absolute Gasteiger partial charge is 0.350 e. The Bertz CT molecular complexity index is 530. The lowest BCUT2D eigenvalue weighted by Crippen LogP contribution is -2.21. The zero-order valence-corrected chi connectivity index (χ0v) is 10.9. The number of nitriles is 1. The Hall–Kier alpha value is -2.19. The number of hydrogen-bond acceptors (Lipinski definition) is 4. The van der Waals surface area contributed by atoms with Crippen LogP contribution in [0.5, 0.6) is 0 Å². The number of hydrogen-bond donors (Lipinski definition) is 1. The van der Waals surface area contributed by atoms with Crippen molar-refractivity contribution in [3.05, 3.63) is 41.5 Å². The average Bonchev–Trinajstić information content (AvgIpc) is 2.38. The SMILES string of the molecule is COC(=O)C(C#N)=C(NC(C)=S)c1ccccc1. The molecule has 4 nitrogen and oxygen atoms in total. The highest BCUT2D eigenvalue weighted by molar-refractivity contribution is 7.80. The summed E-state index contributed by atoms with van der Waals surface area (Å²) in [5, 5.41) is 11.9. The third kappa shape index (κ3) is 3.40. The van der Waals surface area contributed by atoms with Crippen LogP contribution in [0.1, 0.15) is 12.5 Å². The van der Waals surface area contributed by atoms with E-state index in [0.717, 1.165) is 0 Å². The van der Waals surface area contributed by atoms with E-state index in [1.54, 1.807) is 19.1 Å². The minimum atomic E-state index is -0.694. The van der Waals surface area contributed by atoms with Crippen LogP contribution in [0.3, 0.4) is 0 Å². The summed E-state index contributed by atoms with van der Waals surface area (Å²) in [6, 6.07) is 10.9. The van der Waals surface area contributed by atoms with Gasteiger partial charge in [0.05, 0.1) is 17.8 Å². The molecular formula is C13H12N2O2S. The van der Waals surface area contributed by atoms with Crippen molar-refractivity contribution in [2.45, 2.75) is 6.92 Å². The van der Waals surface area contributed by atoms with Crippen molar-refractivity contribution in [3.8, 4) is 6.07 Å². The summed E-state index contributed by atoms with van der Waals surface area (Å²) >= 11 is 4.95. The third-order valence-electron chi connectivity index (χ3n) is 2.11. The number of methoxy groups -OCH3 is 1. The van der Waals surface area contributed by atoms with Gasteiger partial charge in [0.15, 0.2) is 5.57 Å². The molecule has 0 aliphatic rings. The zero-order chi connectivity index (χ0) is 13.5. The lowest BCUT2D eigenvalue weighted by Gasteiger charge is -2.11. The van der Waals surface area contributed by atoms with Crippen molar-refractivity contribution in [3.63, 3.8) is 0 Å². The fourth-order valence-corrected chi connectivity index (χ4v) is 1.47. The van der Waals surface area contributed by atoms with E-state index in [2.05, 4.69) is 10.1 Å². The van der Waals surface area contributed by atoms with E-state index in [4.69, 9.17) is 17.5 Å². The second-order valence-electron chi connectivity index (χ2n) is 3.40. The first-order chi connectivity index (χ1) is 8.60. The van der Waals surface area contributed by atoms with Gasteiger partial charge in [0, 0.05) is 0 Å². The first-order valence-corrected chi connectivity index (χ1v) is 5.56. The molecule has 0 bridgehead atoms. The maximum absolute atomic E-state index is 11.6. The molecule has 0 aromatic heterocycles. The Morgan fingerprint density at radius 1 is 1.39 bits per heavy atom. The highest BCUT2D eigenvalue weighted by Crippen LogP contribution is 2.16. The molecule has 0 saturated heterocycles. The molecule has 18 heavy (non-hydrogen) atoms. The molecule has 0 heterocycles. The van der Waals surface area contributed by atoms with E-state index < -0.39 is 5.97 Å². The molecule has 1 aromatic rings. The number of thiocarbonyl (C=S) groups is 1. The molecule has 0 amide bonds. The van der Waals surface area contributed by atoms with Crippen LogP contribution in [0.25, 0.3) is 5.70 Å². The van der Waals surface area contributed by atoms with Crippen LogP contribution in [0, 0.1) is 11.3 Å². The zero-order valence-electron chi connectivity index (χ0n) is 10.1.